The monoisotopic (exact) mass is 544 g/mol. The maximum absolute atomic E-state index is 4.56. The van der Waals surface area contributed by atoms with Gasteiger partial charge in [0, 0.05) is 44.9 Å². The Bertz CT molecular complexity index is 1300. The largest absolute Gasteiger partial charge is 0.306 e. The highest BCUT2D eigenvalue weighted by atomic mass is 79.9. The molecule has 0 aliphatic heterocycles. The van der Waals surface area contributed by atoms with E-state index in [1.165, 1.54) is 0 Å². The first-order chi connectivity index (χ1) is 15.7. The molecular formula is C26H18Br2N4. The lowest BCUT2D eigenvalue weighted by Crippen LogP contribution is -1.77. The standard InChI is InChI=1S/2C13H9BrN2/c2*14-11-6-4-10(5-7-11)12-9-16-8-2-1-3-13(16)15-12/h2*1-9H. The Kier molecular flexibility index (Phi) is 5.88. The Balaban J connectivity index is 0.000000135. The molecule has 4 aromatic heterocycles. The van der Waals surface area contributed by atoms with Crippen molar-refractivity contribution in [1.29, 1.82) is 0 Å². The van der Waals surface area contributed by atoms with Gasteiger partial charge in [0.15, 0.2) is 0 Å². The highest BCUT2D eigenvalue weighted by Gasteiger charge is 2.04. The summed E-state index contributed by atoms with van der Waals surface area (Å²) in [5, 5.41) is 0. The quantitative estimate of drug-likeness (QED) is 0.225. The van der Waals surface area contributed by atoms with Gasteiger partial charge in [-0.05, 0) is 48.5 Å². The van der Waals surface area contributed by atoms with Gasteiger partial charge in [0.25, 0.3) is 0 Å². The topological polar surface area (TPSA) is 34.6 Å². The van der Waals surface area contributed by atoms with Gasteiger partial charge in [0.2, 0.25) is 0 Å². The van der Waals surface area contributed by atoms with Crippen molar-refractivity contribution < 1.29 is 0 Å². The second kappa shape index (κ2) is 9.10. The predicted octanol–water partition coefficient (Wildman–Crippen LogP) is 7.53. The number of nitrogens with zero attached hydrogens (tertiary/aromatic N) is 4. The van der Waals surface area contributed by atoms with E-state index in [-0.39, 0.29) is 0 Å². The molecule has 0 spiro atoms. The first-order valence-electron chi connectivity index (χ1n) is 10.0. The van der Waals surface area contributed by atoms with Crippen LogP contribution in [0.5, 0.6) is 0 Å². The van der Waals surface area contributed by atoms with Gasteiger partial charge in [-0.15, -0.1) is 0 Å². The van der Waals surface area contributed by atoms with Gasteiger partial charge < -0.3 is 8.80 Å². The predicted molar refractivity (Wildman–Crippen MR) is 137 cm³/mol. The van der Waals surface area contributed by atoms with Crippen LogP contribution in [0.1, 0.15) is 0 Å². The van der Waals surface area contributed by atoms with Gasteiger partial charge >= 0.3 is 0 Å². The van der Waals surface area contributed by atoms with Crippen molar-refractivity contribution in [3.05, 3.63) is 119 Å². The molecular weight excluding hydrogens is 528 g/mol. The number of fused-ring (bicyclic) bond motifs is 2. The van der Waals surface area contributed by atoms with E-state index in [2.05, 4.69) is 66.1 Å². The van der Waals surface area contributed by atoms with Crippen LogP contribution in [-0.4, -0.2) is 18.8 Å². The summed E-state index contributed by atoms with van der Waals surface area (Å²) in [4.78, 5) is 9.12. The molecule has 0 saturated carbocycles. The molecule has 0 aliphatic carbocycles. The van der Waals surface area contributed by atoms with Crippen LogP contribution in [0.4, 0.5) is 0 Å². The fourth-order valence-corrected chi connectivity index (χ4v) is 3.92. The molecule has 0 unspecified atom stereocenters. The molecule has 4 nitrogen and oxygen atoms in total. The number of rotatable bonds is 2. The van der Waals surface area contributed by atoms with Crippen molar-refractivity contribution in [3.8, 4) is 22.5 Å². The molecule has 6 rings (SSSR count). The summed E-state index contributed by atoms with van der Waals surface area (Å²) in [6.07, 6.45) is 8.09. The summed E-state index contributed by atoms with van der Waals surface area (Å²) < 4.78 is 6.22. The minimum atomic E-state index is 0.973. The first-order valence-corrected chi connectivity index (χ1v) is 11.6. The van der Waals surface area contributed by atoms with Gasteiger partial charge in [0.1, 0.15) is 11.3 Å². The minimum absolute atomic E-state index is 0.973. The Morgan fingerprint density at radius 3 is 1.28 bits per heavy atom. The van der Waals surface area contributed by atoms with Crippen LogP contribution >= 0.6 is 31.9 Å². The van der Waals surface area contributed by atoms with Gasteiger partial charge in [-0.3, -0.25) is 0 Å². The fourth-order valence-electron chi connectivity index (χ4n) is 3.39. The van der Waals surface area contributed by atoms with Crippen molar-refractivity contribution in [2.24, 2.45) is 0 Å². The SMILES string of the molecule is Brc1ccc(-c2cn3ccccc3n2)cc1.Brc1ccc(-c2cn3ccccc3n2)cc1. The van der Waals surface area contributed by atoms with Crippen LogP contribution in [0.2, 0.25) is 0 Å². The molecule has 0 amide bonds. The number of hydrogen-bond donors (Lipinski definition) is 0. The van der Waals surface area contributed by atoms with Gasteiger partial charge in [0.05, 0.1) is 11.4 Å². The van der Waals surface area contributed by atoms with Gasteiger partial charge in [-0.25, -0.2) is 9.97 Å². The number of halogens is 2. The average Bonchev–Trinajstić information content (AvgIpc) is 3.45. The molecule has 32 heavy (non-hydrogen) atoms. The molecule has 6 heteroatoms. The second-order valence-electron chi connectivity index (χ2n) is 7.20. The Morgan fingerprint density at radius 2 is 0.906 bits per heavy atom. The second-order valence-corrected chi connectivity index (χ2v) is 9.03. The van der Waals surface area contributed by atoms with E-state index < -0.39 is 0 Å². The molecule has 0 saturated heterocycles. The normalized spacial score (nSPS) is 10.8. The molecule has 0 fully saturated rings. The van der Waals surface area contributed by atoms with Crippen molar-refractivity contribution in [2.75, 3.05) is 0 Å². The lowest BCUT2D eigenvalue weighted by atomic mass is 10.2. The highest BCUT2D eigenvalue weighted by molar-refractivity contribution is 9.10. The van der Waals surface area contributed by atoms with E-state index in [9.17, 15) is 0 Å². The zero-order valence-electron chi connectivity index (χ0n) is 16.9. The molecule has 0 bridgehead atoms. The van der Waals surface area contributed by atoms with Crippen molar-refractivity contribution in [3.63, 3.8) is 0 Å². The third kappa shape index (κ3) is 4.52. The van der Waals surface area contributed by atoms with Gasteiger partial charge in [-0.1, -0.05) is 68.3 Å². The van der Waals surface area contributed by atoms with Crippen LogP contribution in [-0.2, 0) is 0 Å². The smallest absolute Gasteiger partial charge is 0.137 e. The molecule has 6 aromatic rings. The first kappa shape index (κ1) is 20.7. The lowest BCUT2D eigenvalue weighted by molar-refractivity contribution is 1.19. The summed E-state index contributed by atoms with van der Waals surface area (Å²) in [7, 11) is 0. The summed E-state index contributed by atoms with van der Waals surface area (Å²) in [6.45, 7) is 0. The van der Waals surface area contributed by atoms with Crippen LogP contribution in [0.3, 0.4) is 0 Å². The Labute approximate surface area is 202 Å². The van der Waals surface area contributed by atoms with Crippen LogP contribution in [0.15, 0.2) is 119 Å². The van der Waals surface area contributed by atoms with Crippen molar-refractivity contribution in [2.45, 2.75) is 0 Å². The number of hydrogen-bond acceptors (Lipinski definition) is 2. The summed E-state index contributed by atoms with van der Waals surface area (Å²) in [5.74, 6) is 0. The van der Waals surface area contributed by atoms with E-state index in [0.29, 0.717) is 0 Å². The minimum Gasteiger partial charge on any atom is -0.306 e. The Hall–Kier alpha value is -3.22. The maximum Gasteiger partial charge on any atom is 0.137 e. The zero-order valence-corrected chi connectivity index (χ0v) is 20.1. The molecule has 0 aliphatic rings. The third-order valence-electron chi connectivity index (χ3n) is 5.01. The number of pyridine rings is 2. The zero-order chi connectivity index (χ0) is 21.9. The van der Waals surface area contributed by atoms with Crippen molar-refractivity contribution >= 4 is 43.2 Å². The summed E-state index contributed by atoms with van der Waals surface area (Å²) >= 11 is 6.85. The van der Waals surface area contributed by atoms with E-state index >= 15 is 0 Å². The fraction of sp³-hybridized carbons (Fsp3) is 0. The molecule has 0 N–H and O–H groups in total. The van der Waals surface area contributed by atoms with E-state index in [0.717, 1.165) is 42.8 Å². The summed E-state index contributed by atoms with van der Waals surface area (Å²) in [5.41, 5.74) is 6.21. The third-order valence-corrected chi connectivity index (χ3v) is 6.07. The van der Waals surface area contributed by atoms with Crippen LogP contribution in [0, 0.1) is 0 Å². The highest BCUT2D eigenvalue weighted by Crippen LogP contribution is 2.22. The average molecular weight is 546 g/mol. The maximum atomic E-state index is 4.56. The number of aromatic nitrogens is 4. The van der Waals surface area contributed by atoms with Crippen molar-refractivity contribution in [1.82, 2.24) is 18.8 Å². The molecule has 2 aromatic carbocycles. The van der Waals surface area contributed by atoms with Gasteiger partial charge in [-0.2, -0.15) is 0 Å². The van der Waals surface area contributed by atoms with Crippen LogP contribution < -0.4 is 0 Å². The number of imidazole rings is 2. The molecule has 0 radical (unpaired) electrons. The number of benzene rings is 2. The Morgan fingerprint density at radius 1 is 0.500 bits per heavy atom. The lowest BCUT2D eigenvalue weighted by Gasteiger charge is -1.95. The van der Waals surface area contributed by atoms with E-state index in [4.69, 9.17) is 0 Å². The molecule has 0 atom stereocenters. The molecule has 156 valence electrons. The van der Waals surface area contributed by atoms with E-state index in [1.54, 1.807) is 0 Å². The van der Waals surface area contributed by atoms with E-state index in [1.807, 2.05) is 94.3 Å². The summed E-state index contributed by atoms with van der Waals surface area (Å²) in [6, 6.07) is 28.3. The van der Waals surface area contributed by atoms with Crippen LogP contribution in [0.25, 0.3) is 33.8 Å². The molecule has 4 heterocycles.